The van der Waals surface area contributed by atoms with E-state index in [0.717, 1.165) is 43.5 Å². The second-order valence-electron chi connectivity index (χ2n) is 5.44. The Bertz CT molecular complexity index is 497. The number of methoxy groups -OCH3 is 1. The van der Waals surface area contributed by atoms with Crippen molar-refractivity contribution in [3.63, 3.8) is 0 Å². The predicted molar refractivity (Wildman–Crippen MR) is 101 cm³/mol. The lowest BCUT2D eigenvalue weighted by atomic mass is 10.4. The molecular weight excluding hydrogens is 324 g/mol. The molecule has 0 saturated heterocycles. The summed E-state index contributed by atoms with van der Waals surface area (Å²) in [6.07, 6.45) is 1.03. The van der Waals surface area contributed by atoms with Crippen molar-refractivity contribution in [3.8, 4) is 0 Å². The van der Waals surface area contributed by atoms with Crippen LogP contribution in [0.4, 0.5) is 0 Å². The van der Waals surface area contributed by atoms with Crippen molar-refractivity contribution in [2.45, 2.75) is 11.3 Å². The van der Waals surface area contributed by atoms with Gasteiger partial charge in [0.2, 0.25) is 0 Å². The van der Waals surface area contributed by atoms with Gasteiger partial charge in [-0.25, -0.2) is 0 Å². The van der Waals surface area contributed by atoms with Gasteiger partial charge in [-0.1, -0.05) is 18.2 Å². The first kappa shape index (κ1) is 20.6. The SMILES string of the molecule is CN=C(NCCN(C)CCCOC)NCCS(=O)c1ccccc1. The molecule has 0 aliphatic heterocycles. The maximum absolute atomic E-state index is 12.1. The molecular formula is C17H30N4O2S. The summed E-state index contributed by atoms with van der Waals surface area (Å²) in [5.74, 6) is 1.30. The number of hydrogen-bond acceptors (Lipinski definition) is 4. The third-order valence-electron chi connectivity index (χ3n) is 3.48. The smallest absolute Gasteiger partial charge is 0.191 e. The van der Waals surface area contributed by atoms with Crippen LogP contribution < -0.4 is 10.6 Å². The van der Waals surface area contributed by atoms with E-state index in [9.17, 15) is 4.21 Å². The molecule has 0 spiro atoms. The normalized spacial score (nSPS) is 13.1. The highest BCUT2D eigenvalue weighted by Gasteiger charge is 2.04. The Morgan fingerprint density at radius 3 is 2.58 bits per heavy atom. The second-order valence-corrected chi connectivity index (χ2v) is 7.01. The lowest BCUT2D eigenvalue weighted by molar-refractivity contribution is 0.180. The summed E-state index contributed by atoms with van der Waals surface area (Å²) >= 11 is 0. The van der Waals surface area contributed by atoms with Gasteiger partial charge in [-0.3, -0.25) is 9.20 Å². The molecule has 6 nitrogen and oxygen atoms in total. The maximum Gasteiger partial charge on any atom is 0.191 e. The largest absolute Gasteiger partial charge is 0.385 e. The molecule has 1 aromatic carbocycles. The summed E-state index contributed by atoms with van der Waals surface area (Å²) in [5, 5.41) is 6.47. The molecule has 1 atom stereocenters. The number of nitrogens with one attached hydrogen (secondary N) is 2. The van der Waals surface area contributed by atoms with Crippen molar-refractivity contribution >= 4 is 16.8 Å². The summed E-state index contributed by atoms with van der Waals surface area (Å²) in [7, 11) is 4.57. The standard InChI is InChI=1S/C17H30N4O2S/c1-18-17(19-10-13-21(2)12-7-14-23-3)20-11-15-24(22)16-8-5-4-6-9-16/h4-6,8-9H,7,10-15H2,1-3H3,(H2,18,19,20). The third kappa shape index (κ3) is 9.00. The maximum atomic E-state index is 12.1. The van der Waals surface area contributed by atoms with Crippen molar-refractivity contribution < 1.29 is 8.95 Å². The van der Waals surface area contributed by atoms with Crippen LogP contribution >= 0.6 is 0 Å². The number of benzene rings is 1. The minimum Gasteiger partial charge on any atom is -0.385 e. The molecule has 1 aromatic rings. The Kier molecular flexibility index (Phi) is 11.1. The quantitative estimate of drug-likeness (QED) is 0.352. The topological polar surface area (TPSA) is 66.0 Å². The molecule has 0 aliphatic carbocycles. The molecule has 0 aromatic heterocycles. The van der Waals surface area contributed by atoms with E-state index in [4.69, 9.17) is 4.74 Å². The summed E-state index contributed by atoms with van der Waals surface area (Å²) in [5.41, 5.74) is 0. The van der Waals surface area contributed by atoms with Gasteiger partial charge in [0.15, 0.2) is 5.96 Å². The third-order valence-corrected chi connectivity index (χ3v) is 4.86. The Balaban J connectivity index is 2.18. The van der Waals surface area contributed by atoms with Gasteiger partial charge in [-0.15, -0.1) is 0 Å². The number of ether oxygens (including phenoxy) is 1. The molecule has 0 bridgehead atoms. The van der Waals surface area contributed by atoms with Crippen LogP contribution in [0.3, 0.4) is 0 Å². The molecule has 0 heterocycles. The van der Waals surface area contributed by atoms with Crippen molar-refractivity contribution in [1.29, 1.82) is 0 Å². The molecule has 7 heteroatoms. The minimum atomic E-state index is -0.985. The summed E-state index contributed by atoms with van der Waals surface area (Å²) in [4.78, 5) is 7.30. The highest BCUT2D eigenvalue weighted by molar-refractivity contribution is 7.85. The molecule has 0 aliphatic rings. The molecule has 0 fully saturated rings. The first-order valence-electron chi connectivity index (χ1n) is 8.22. The van der Waals surface area contributed by atoms with Crippen molar-refractivity contribution in [1.82, 2.24) is 15.5 Å². The van der Waals surface area contributed by atoms with Crippen LogP contribution in [0.2, 0.25) is 0 Å². The van der Waals surface area contributed by atoms with Gasteiger partial charge in [0.05, 0.1) is 10.8 Å². The first-order chi connectivity index (χ1) is 11.7. The number of guanidine groups is 1. The molecule has 0 saturated carbocycles. The van der Waals surface area contributed by atoms with E-state index < -0.39 is 10.8 Å². The molecule has 2 N–H and O–H groups in total. The van der Waals surface area contributed by atoms with Gasteiger partial charge >= 0.3 is 0 Å². The molecule has 136 valence electrons. The van der Waals surface area contributed by atoms with Crippen molar-refractivity contribution in [3.05, 3.63) is 30.3 Å². The van der Waals surface area contributed by atoms with E-state index >= 15 is 0 Å². The number of hydrogen-bond donors (Lipinski definition) is 2. The number of rotatable bonds is 11. The van der Waals surface area contributed by atoms with Crippen LogP contribution in [0.1, 0.15) is 6.42 Å². The van der Waals surface area contributed by atoms with Gasteiger partial charge in [-0.05, 0) is 25.6 Å². The van der Waals surface area contributed by atoms with Crippen LogP contribution in [0, 0.1) is 0 Å². The number of aliphatic imine (C=N–C) groups is 1. The van der Waals surface area contributed by atoms with Crippen LogP contribution in [-0.4, -0.2) is 74.8 Å². The number of likely N-dealkylation sites (N-methyl/N-ethyl adjacent to an activating group) is 1. The average molecular weight is 355 g/mol. The van der Waals surface area contributed by atoms with Gasteiger partial charge in [0.25, 0.3) is 0 Å². The van der Waals surface area contributed by atoms with Gasteiger partial charge < -0.3 is 20.3 Å². The molecule has 24 heavy (non-hydrogen) atoms. The monoisotopic (exact) mass is 354 g/mol. The van der Waals surface area contributed by atoms with E-state index in [2.05, 4.69) is 27.6 Å². The summed E-state index contributed by atoms with van der Waals surface area (Å²) < 4.78 is 17.2. The van der Waals surface area contributed by atoms with Gasteiger partial charge in [0, 0.05) is 57.6 Å². The average Bonchev–Trinajstić information content (AvgIpc) is 2.61. The fourth-order valence-electron chi connectivity index (χ4n) is 2.13. The lowest BCUT2D eigenvalue weighted by Crippen LogP contribution is -2.42. The second kappa shape index (κ2) is 12.9. The summed E-state index contributed by atoms with van der Waals surface area (Å²) in [6.45, 7) is 4.16. The van der Waals surface area contributed by atoms with Crippen LogP contribution in [0.5, 0.6) is 0 Å². The highest BCUT2D eigenvalue weighted by Crippen LogP contribution is 2.04. The van der Waals surface area contributed by atoms with Crippen LogP contribution in [0.15, 0.2) is 40.2 Å². The predicted octanol–water partition coefficient (Wildman–Crippen LogP) is 0.928. The van der Waals surface area contributed by atoms with E-state index in [1.807, 2.05) is 30.3 Å². The van der Waals surface area contributed by atoms with Crippen LogP contribution in [0.25, 0.3) is 0 Å². The Morgan fingerprint density at radius 2 is 1.92 bits per heavy atom. The molecule has 1 rings (SSSR count). The molecule has 0 radical (unpaired) electrons. The minimum absolute atomic E-state index is 0.557. The van der Waals surface area contributed by atoms with Crippen LogP contribution in [-0.2, 0) is 15.5 Å². The zero-order valence-corrected chi connectivity index (χ0v) is 15.8. The van der Waals surface area contributed by atoms with E-state index in [0.29, 0.717) is 12.3 Å². The number of nitrogens with zero attached hydrogens (tertiary/aromatic N) is 2. The van der Waals surface area contributed by atoms with Crippen molar-refractivity contribution in [2.75, 3.05) is 59.7 Å². The molecule has 0 amide bonds. The van der Waals surface area contributed by atoms with Gasteiger partial charge in [0.1, 0.15) is 0 Å². The zero-order chi connectivity index (χ0) is 17.6. The molecule has 1 unspecified atom stereocenters. The summed E-state index contributed by atoms with van der Waals surface area (Å²) in [6, 6.07) is 9.52. The highest BCUT2D eigenvalue weighted by atomic mass is 32.2. The van der Waals surface area contributed by atoms with Crippen molar-refractivity contribution in [2.24, 2.45) is 4.99 Å². The van der Waals surface area contributed by atoms with E-state index in [-0.39, 0.29) is 0 Å². The van der Waals surface area contributed by atoms with E-state index in [1.165, 1.54) is 0 Å². The first-order valence-corrected chi connectivity index (χ1v) is 9.54. The Labute approximate surface area is 148 Å². The Hall–Kier alpha value is -1.44. The van der Waals surface area contributed by atoms with E-state index in [1.54, 1.807) is 14.2 Å². The lowest BCUT2D eigenvalue weighted by Gasteiger charge is -2.18. The fourth-order valence-corrected chi connectivity index (χ4v) is 3.11. The van der Waals surface area contributed by atoms with Gasteiger partial charge in [-0.2, -0.15) is 0 Å². The Morgan fingerprint density at radius 1 is 1.21 bits per heavy atom. The zero-order valence-electron chi connectivity index (χ0n) is 15.0. The fraction of sp³-hybridized carbons (Fsp3) is 0.588.